The van der Waals surface area contributed by atoms with Gasteiger partial charge in [0.1, 0.15) is 5.82 Å². The number of benzene rings is 1. The van der Waals surface area contributed by atoms with Crippen LogP contribution >= 0.6 is 0 Å². The van der Waals surface area contributed by atoms with Gasteiger partial charge in [0.2, 0.25) is 5.91 Å². The summed E-state index contributed by atoms with van der Waals surface area (Å²) in [7, 11) is 0. The monoisotopic (exact) mass is 358 g/mol. The van der Waals surface area contributed by atoms with Crippen molar-refractivity contribution in [1.82, 2.24) is 9.80 Å². The Kier molecular flexibility index (Phi) is 5.58. The van der Waals surface area contributed by atoms with Gasteiger partial charge in [-0.3, -0.25) is 9.69 Å². The van der Waals surface area contributed by atoms with Crippen LogP contribution < -0.4 is 0 Å². The maximum absolute atomic E-state index is 13.1. The van der Waals surface area contributed by atoms with Gasteiger partial charge in [-0.1, -0.05) is 25.0 Å². The largest absolute Gasteiger partial charge is 0.342 e. The fourth-order valence-electron chi connectivity index (χ4n) is 5.34. The van der Waals surface area contributed by atoms with Crippen molar-refractivity contribution < 1.29 is 9.18 Å². The van der Waals surface area contributed by atoms with E-state index >= 15 is 0 Å². The molecule has 1 aromatic carbocycles. The van der Waals surface area contributed by atoms with E-state index in [1.165, 1.54) is 44.1 Å². The molecule has 142 valence electrons. The van der Waals surface area contributed by atoms with E-state index in [-0.39, 0.29) is 5.82 Å². The molecule has 1 aliphatic carbocycles. The van der Waals surface area contributed by atoms with Crippen LogP contribution in [0.1, 0.15) is 56.9 Å². The predicted octanol–water partition coefficient (Wildman–Crippen LogP) is 4.22. The Morgan fingerprint density at radius 3 is 2.54 bits per heavy atom. The van der Waals surface area contributed by atoms with E-state index in [0.717, 1.165) is 39.0 Å². The molecule has 0 radical (unpaired) electrons. The molecule has 3 aliphatic rings. The maximum atomic E-state index is 13.1. The molecule has 1 amide bonds. The highest BCUT2D eigenvalue weighted by Gasteiger charge is 2.37. The molecule has 0 unspecified atom stereocenters. The predicted molar refractivity (Wildman–Crippen MR) is 101 cm³/mol. The van der Waals surface area contributed by atoms with Gasteiger partial charge >= 0.3 is 0 Å². The van der Waals surface area contributed by atoms with Crippen LogP contribution in [0.5, 0.6) is 0 Å². The fourth-order valence-corrected chi connectivity index (χ4v) is 5.34. The molecule has 1 aromatic rings. The van der Waals surface area contributed by atoms with Gasteiger partial charge in [-0.05, 0) is 68.2 Å². The Morgan fingerprint density at radius 2 is 1.77 bits per heavy atom. The zero-order chi connectivity index (χ0) is 17.9. The number of likely N-dealkylation sites (tertiary alicyclic amines) is 2. The number of carbonyl (C=O) groups is 1. The van der Waals surface area contributed by atoms with Gasteiger partial charge in [-0.2, -0.15) is 0 Å². The van der Waals surface area contributed by atoms with E-state index in [0.29, 0.717) is 23.8 Å². The van der Waals surface area contributed by atoms with E-state index in [4.69, 9.17) is 0 Å². The van der Waals surface area contributed by atoms with E-state index in [2.05, 4.69) is 9.80 Å². The third-order valence-electron chi connectivity index (χ3n) is 6.77. The number of piperidine rings is 2. The number of rotatable bonds is 4. The van der Waals surface area contributed by atoms with Crippen LogP contribution in [0.2, 0.25) is 0 Å². The number of carbonyl (C=O) groups excluding carboxylic acids is 1. The molecule has 2 saturated heterocycles. The molecule has 26 heavy (non-hydrogen) atoms. The standard InChI is InChI=1S/C22H31FN2O/c23-20-9-7-18(8-10-20)15-24-12-3-6-19-16-25(13-11-21(19)24)22(26)14-17-4-1-2-5-17/h7-10,17,19,21H,1-6,11-16H2/t19-,21+/m1/s1. The summed E-state index contributed by atoms with van der Waals surface area (Å²) >= 11 is 0. The second-order valence-corrected chi connectivity index (χ2v) is 8.55. The third-order valence-corrected chi connectivity index (χ3v) is 6.77. The molecular weight excluding hydrogens is 327 g/mol. The molecule has 0 N–H and O–H groups in total. The van der Waals surface area contributed by atoms with Gasteiger partial charge in [0.15, 0.2) is 0 Å². The Balaban J connectivity index is 1.34. The van der Waals surface area contributed by atoms with Crippen LogP contribution in [0.25, 0.3) is 0 Å². The van der Waals surface area contributed by atoms with Crippen LogP contribution in [0.4, 0.5) is 4.39 Å². The highest BCUT2D eigenvalue weighted by Crippen LogP contribution is 2.33. The number of hydrogen-bond donors (Lipinski definition) is 0. The molecular formula is C22H31FN2O. The van der Waals surface area contributed by atoms with Gasteiger partial charge in [0.05, 0.1) is 0 Å². The fraction of sp³-hybridized carbons (Fsp3) is 0.682. The number of hydrogen-bond acceptors (Lipinski definition) is 2. The Bertz CT molecular complexity index is 611. The minimum absolute atomic E-state index is 0.167. The lowest BCUT2D eigenvalue weighted by Crippen LogP contribution is -2.54. The second kappa shape index (κ2) is 8.08. The smallest absolute Gasteiger partial charge is 0.222 e. The summed E-state index contributed by atoms with van der Waals surface area (Å²) in [5.41, 5.74) is 1.19. The molecule has 3 fully saturated rings. The minimum atomic E-state index is -0.167. The van der Waals surface area contributed by atoms with Crippen molar-refractivity contribution in [3.63, 3.8) is 0 Å². The van der Waals surface area contributed by atoms with Crippen molar-refractivity contribution in [1.29, 1.82) is 0 Å². The lowest BCUT2D eigenvalue weighted by Gasteiger charge is -2.47. The summed E-state index contributed by atoms with van der Waals surface area (Å²) in [5.74, 6) is 1.47. The molecule has 4 rings (SSSR count). The van der Waals surface area contributed by atoms with Gasteiger partial charge in [-0.25, -0.2) is 4.39 Å². The van der Waals surface area contributed by atoms with E-state index in [1.54, 1.807) is 12.1 Å². The zero-order valence-corrected chi connectivity index (χ0v) is 15.7. The minimum Gasteiger partial charge on any atom is -0.342 e. The summed E-state index contributed by atoms with van der Waals surface area (Å²) in [6, 6.07) is 7.49. The van der Waals surface area contributed by atoms with Crippen molar-refractivity contribution in [3.05, 3.63) is 35.6 Å². The quantitative estimate of drug-likeness (QED) is 0.805. The first kappa shape index (κ1) is 18.0. The molecule has 0 bridgehead atoms. The number of fused-ring (bicyclic) bond motifs is 1. The van der Waals surface area contributed by atoms with Gasteiger partial charge in [0, 0.05) is 32.1 Å². The molecule has 4 heteroatoms. The topological polar surface area (TPSA) is 23.6 Å². The maximum Gasteiger partial charge on any atom is 0.222 e. The number of halogens is 1. The summed E-state index contributed by atoms with van der Waals surface area (Å²) in [4.78, 5) is 17.4. The first-order chi connectivity index (χ1) is 12.7. The number of nitrogens with zero attached hydrogens (tertiary/aromatic N) is 2. The highest BCUT2D eigenvalue weighted by atomic mass is 19.1. The molecule has 2 atom stereocenters. The summed E-state index contributed by atoms with van der Waals surface area (Å²) in [6.07, 6.45) is 9.40. The second-order valence-electron chi connectivity index (χ2n) is 8.55. The first-order valence-electron chi connectivity index (χ1n) is 10.5. The van der Waals surface area contributed by atoms with Crippen molar-refractivity contribution in [2.45, 2.75) is 64.0 Å². The Labute approximate surface area is 156 Å². The van der Waals surface area contributed by atoms with Crippen molar-refractivity contribution in [2.24, 2.45) is 11.8 Å². The van der Waals surface area contributed by atoms with Crippen LogP contribution in [0, 0.1) is 17.7 Å². The van der Waals surface area contributed by atoms with Crippen molar-refractivity contribution in [2.75, 3.05) is 19.6 Å². The lowest BCUT2D eigenvalue weighted by molar-refractivity contribution is -0.136. The Hall–Kier alpha value is -1.42. The van der Waals surface area contributed by atoms with Gasteiger partial charge < -0.3 is 4.90 Å². The number of amides is 1. The SMILES string of the molecule is O=C(CC1CCCC1)N1CC[C@H]2[C@H](CCCN2Cc2ccc(F)cc2)C1. The zero-order valence-electron chi connectivity index (χ0n) is 15.7. The molecule has 0 spiro atoms. The van der Waals surface area contributed by atoms with E-state index < -0.39 is 0 Å². The van der Waals surface area contributed by atoms with Gasteiger partial charge in [0.25, 0.3) is 0 Å². The van der Waals surface area contributed by atoms with Crippen molar-refractivity contribution >= 4 is 5.91 Å². The first-order valence-corrected chi connectivity index (χ1v) is 10.5. The van der Waals surface area contributed by atoms with Crippen LogP contribution in [0.15, 0.2) is 24.3 Å². The summed E-state index contributed by atoms with van der Waals surface area (Å²) in [6.45, 7) is 3.87. The Morgan fingerprint density at radius 1 is 1.00 bits per heavy atom. The molecule has 2 aliphatic heterocycles. The molecule has 0 aromatic heterocycles. The van der Waals surface area contributed by atoms with Crippen molar-refractivity contribution in [3.8, 4) is 0 Å². The van der Waals surface area contributed by atoms with Crippen LogP contribution in [0.3, 0.4) is 0 Å². The average Bonchev–Trinajstić information content (AvgIpc) is 3.16. The molecule has 2 heterocycles. The normalized spacial score (nSPS) is 27.5. The average molecular weight is 359 g/mol. The van der Waals surface area contributed by atoms with E-state index in [1.807, 2.05) is 12.1 Å². The molecule has 1 saturated carbocycles. The van der Waals surface area contributed by atoms with Gasteiger partial charge in [-0.15, -0.1) is 0 Å². The van der Waals surface area contributed by atoms with E-state index in [9.17, 15) is 9.18 Å². The third kappa shape index (κ3) is 4.11. The lowest BCUT2D eigenvalue weighted by atomic mass is 9.83. The van der Waals surface area contributed by atoms with Crippen LogP contribution in [-0.2, 0) is 11.3 Å². The summed E-state index contributed by atoms with van der Waals surface area (Å²) in [5, 5.41) is 0. The summed E-state index contributed by atoms with van der Waals surface area (Å²) < 4.78 is 13.1. The van der Waals surface area contributed by atoms with Crippen LogP contribution in [-0.4, -0.2) is 41.4 Å². The molecule has 3 nitrogen and oxygen atoms in total. The highest BCUT2D eigenvalue weighted by molar-refractivity contribution is 5.76.